The van der Waals surface area contributed by atoms with Crippen molar-refractivity contribution in [2.45, 2.75) is 26.4 Å². The van der Waals surface area contributed by atoms with Gasteiger partial charge in [-0.2, -0.15) is 4.52 Å². The second-order valence-electron chi connectivity index (χ2n) is 6.32. The summed E-state index contributed by atoms with van der Waals surface area (Å²) in [5, 5.41) is 12.7. The Kier molecular flexibility index (Phi) is 3.61. The molecule has 3 aromatic rings. The Bertz CT molecular complexity index is 850. The molecule has 1 saturated heterocycles. The number of nitrogens with zero attached hydrogens (tertiary/aromatic N) is 8. The largest absolute Gasteiger partial charge is 0.352 e. The molecular weight excluding hydrogens is 304 g/mol. The summed E-state index contributed by atoms with van der Waals surface area (Å²) in [5.74, 6) is 2.58. The molecule has 0 aliphatic carbocycles. The van der Waals surface area contributed by atoms with Crippen LogP contribution in [-0.4, -0.2) is 60.9 Å². The van der Waals surface area contributed by atoms with E-state index in [1.165, 1.54) is 0 Å². The van der Waals surface area contributed by atoms with E-state index in [1.54, 1.807) is 4.52 Å². The molecular formula is C16H20N8. The molecule has 24 heavy (non-hydrogen) atoms. The molecule has 4 rings (SSSR count). The number of rotatable bonds is 4. The Hall–Kier alpha value is -2.61. The van der Waals surface area contributed by atoms with Gasteiger partial charge in [0.05, 0.1) is 0 Å². The third kappa shape index (κ3) is 2.69. The predicted molar refractivity (Wildman–Crippen MR) is 89.8 cm³/mol. The SMILES string of the molecule is Cc1ncc(CN(C)C2CN(c3ccc4nnc(C)n4n3)C2)cn1. The van der Waals surface area contributed by atoms with Gasteiger partial charge in [-0.1, -0.05) is 0 Å². The monoisotopic (exact) mass is 324 g/mol. The fourth-order valence-electron chi connectivity index (χ4n) is 2.89. The Morgan fingerprint density at radius 3 is 2.62 bits per heavy atom. The van der Waals surface area contributed by atoms with Gasteiger partial charge in [0, 0.05) is 43.6 Å². The van der Waals surface area contributed by atoms with Gasteiger partial charge in [-0.15, -0.1) is 15.3 Å². The topological polar surface area (TPSA) is 75.3 Å². The maximum absolute atomic E-state index is 4.62. The molecule has 0 aromatic carbocycles. The molecule has 3 aromatic heterocycles. The number of fused-ring (bicyclic) bond motifs is 1. The van der Waals surface area contributed by atoms with Crippen LogP contribution in [-0.2, 0) is 6.54 Å². The van der Waals surface area contributed by atoms with Crippen molar-refractivity contribution in [3.8, 4) is 0 Å². The van der Waals surface area contributed by atoms with Gasteiger partial charge in [-0.25, -0.2) is 9.97 Å². The van der Waals surface area contributed by atoms with E-state index in [0.717, 1.165) is 48.3 Å². The van der Waals surface area contributed by atoms with Crippen LogP contribution in [0.3, 0.4) is 0 Å². The van der Waals surface area contributed by atoms with Crippen molar-refractivity contribution in [3.63, 3.8) is 0 Å². The lowest BCUT2D eigenvalue weighted by Crippen LogP contribution is -2.58. The zero-order valence-electron chi connectivity index (χ0n) is 14.1. The van der Waals surface area contributed by atoms with Crippen LogP contribution in [0.15, 0.2) is 24.5 Å². The van der Waals surface area contributed by atoms with E-state index in [1.807, 2.05) is 38.4 Å². The second kappa shape index (κ2) is 5.79. The Balaban J connectivity index is 1.39. The van der Waals surface area contributed by atoms with Gasteiger partial charge in [0.15, 0.2) is 11.5 Å². The molecule has 8 nitrogen and oxygen atoms in total. The number of aromatic nitrogens is 6. The molecule has 0 atom stereocenters. The van der Waals surface area contributed by atoms with Crippen LogP contribution < -0.4 is 4.90 Å². The normalized spacial score (nSPS) is 15.2. The molecule has 1 fully saturated rings. The standard InChI is InChI=1S/C16H20N8/c1-11-17-6-13(7-18-11)8-22(3)14-9-23(10-14)16-5-4-15-20-19-12(2)24(15)21-16/h4-7,14H,8-10H2,1-3H3. The summed E-state index contributed by atoms with van der Waals surface area (Å²) in [4.78, 5) is 13.1. The molecule has 1 aliphatic heterocycles. The van der Waals surface area contributed by atoms with Crippen molar-refractivity contribution in [2.24, 2.45) is 0 Å². The van der Waals surface area contributed by atoms with Gasteiger partial charge < -0.3 is 4.90 Å². The van der Waals surface area contributed by atoms with Crippen LogP contribution in [0.2, 0.25) is 0 Å². The highest BCUT2D eigenvalue weighted by Gasteiger charge is 2.31. The number of anilines is 1. The van der Waals surface area contributed by atoms with E-state index in [4.69, 9.17) is 0 Å². The minimum Gasteiger partial charge on any atom is -0.352 e. The first-order valence-corrected chi connectivity index (χ1v) is 8.02. The van der Waals surface area contributed by atoms with Crippen molar-refractivity contribution in [2.75, 3.05) is 25.0 Å². The molecule has 0 saturated carbocycles. The summed E-state index contributed by atoms with van der Waals surface area (Å²) in [7, 11) is 2.14. The maximum Gasteiger partial charge on any atom is 0.178 e. The van der Waals surface area contributed by atoms with E-state index in [-0.39, 0.29) is 0 Å². The average molecular weight is 324 g/mol. The summed E-state index contributed by atoms with van der Waals surface area (Å²) >= 11 is 0. The molecule has 8 heteroatoms. The molecule has 0 radical (unpaired) electrons. The summed E-state index contributed by atoms with van der Waals surface area (Å²) in [6.45, 7) is 6.59. The average Bonchev–Trinajstić information content (AvgIpc) is 2.89. The first-order valence-electron chi connectivity index (χ1n) is 8.02. The molecule has 0 bridgehead atoms. The van der Waals surface area contributed by atoms with Crippen molar-refractivity contribution < 1.29 is 0 Å². The molecule has 1 aliphatic rings. The van der Waals surface area contributed by atoms with Gasteiger partial charge in [0.1, 0.15) is 11.6 Å². The quantitative estimate of drug-likeness (QED) is 0.704. The number of aryl methyl sites for hydroxylation is 2. The zero-order valence-corrected chi connectivity index (χ0v) is 14.1. The number of likely N-dealkylation sites (N-methyl/N-ethyl adjacent to an activating group) is 1. The highest BCUT2D eigenvalue weighted by atomic mass is 15.4. The molecule has 0 amide bonds. The third-order valence-corrected chi connectivity index (χ3v) is 4.48. The van der Waals surface area contributed by atoms with Gasteiger partial charge in [0.25, 0.3) is 0 Å². The van der Waals surface area contributed by atoms with E-state index in [0.29, 0.717) is 6.04 Å². The highest BCUT2D eigenvalue weighted by Crippen LogP contribution is 2.22. The Morgan fingerprint density at radius 2 is 1.88 bits per heavy atom. The first-order chi connectivity index (χ1) is 11.6. The zero-order chi connectivity index (χ0) is 16.7. The lowest BCUT2D eigenvalue weighted by Gasteiger charge is -2.44. The van der Waals surface area contributed by atoms with E-state index >= 15 is 0 Å². The maximum atomic E-state index is 4.62. The highest BCUT2D eigenvalue weighted by molar-refractivity contribution is 5.47. The van der Waals surface area contributed by atoms with Crippen LogP contribution >= 0.6 is 0 Å². The van der Waals surface area contributed by atoms with Crippen LogP contribution in [0.1, 0.15) is 17.2 Å². The van der Waals surface area contributed by atoms with Crippen LogP contribution in [0.4, 0.5) is 5.82 Å². The van der Waals surface area contributed by atoms with E-state index < -0.39 is 0 Å². The van der Waals surface area contributed by atoms with Gasteiger partial charge in [-0.3, -0.25) is 4.90 Å². The predicted octanol–water partition coefficient (Wildman–Crippen LogP) is 0.852. The summed E-state index contributed by atoms with van der Waals surface area (Å²) in [6, 6.07) is 4.47. The number of hydrogen-bond acceptors (Lipinski definition) is 7. The van der Waals surface area contributed by atoms with Gasteiger partial charge in [0.2, 0.25) is 0 Å². The van der Waals surface area contributed by atoms with Crippen LogP contribution in [0.25, 0.3) is 5.65 Å². The summed E-state index contributed by atoms with van der Waals surface area (Å²) < 4.78 is 1.79. The fourth-order valence-corrected chi connectivity index (χ4v) is 2.89. The smallest absolute Gasteiger partial charge is 0.178 e. The minimum atomic E-state index is 0.505. The third-order valence-electron chi connectivity index (χ3n) is 4.48. The Labute approximate surface area is 140 Å². The van der Waals surface area contributed by atoms with Crippen LogP contribution in [0, 0.1) is 13.8 Å². The number of hydrogen-bond donors (Lipinski definition) is 0. The summed E-state index contributed by atoms with van der Waals surface area (Å²) in [6.07, 6.45) is 3.80. The molecule has 0 N–H and O–H groups in total. The molecule has 4 heterocycles. The van der Waals surface area contributed by atoms with E-state index in [9.17, 15) is 0 Å². The minimum absolute atomic E-state index is 0.505. The second-order valence-corrected chi connectivity index (χ2v) is 6.32. The Morgan fingerprint density at radius 1 is 1.12 bits per heavy atom. The molecule has 0 unspecified atom stereocenters. The van der Waals surface area contributed by atoms with Gasteiger partial charge >= 0.3 is 0 Å². The molecule has 0 spiro atoms. The van der Waals surface area contributed by atoms with Crippen molar-refractivity contribution in [1.82, 2.24) is 34.7 Å². The van der Waals surface area contributed by atoms with E-state index in [2.05, 4.69) is 42.1 Å². The fraction of sp³-hybridized carbons (Fsp3) is 0.438. The lowest BCUT2D eigenvalue weighted by molar-refractivity contribution is 0.196. The van der Waals surface area contributed by atoms with Gasteiger partial charge in [-0.05, 0) is 33.0 Å². The van der Waals surface area contributed by atoms with Crippen molar-refractivity contribution in [1.29, 1.82) is 0 Å². The first kappa shape index (κ1) is 14.9. The molecule has 124 valence electrons. The lowest BCUT2D eigenvalue weighted by atomic mass is 10.1. The van der Waals surface area contributed by atoms with Crippen molar-refractivity contribution >= 4 is 11.5 Å². The van der Waals surface area contributed by atoms with Crippen molar-refractivity contribution in [3.05, 3.63) is 41.7 Å². The van der Waals surface area contributed by atoms with Crippen LogP contribution in [0.5, 0.6) is 0 Å². The summed E-state index contributed by atoms with van der Waals surface area (Å²) in [5.41, 5.74) is 1.92.